The lowest BCUT2D eigenvalue weighted by Crippen LogP contribution is -2.67. The molecular weight excluding hydrogens is 254 g/mol. The monoisotopic (exact) mass is 283 g/mol. The number of amides is 1. The maximum atomic E-state index is 12.6. The molecule has 2 fully saturated rings. The second-order valence-electron chi connectivity index (χ2n) is 7.23. The van der Waals surface area contributed by atoms with Crippen LogP contribution in [0.3, 0.4) is 0 Å². The molecule has 2 aliphatic heterocycles. The van der Waals surface area contributed by atoms with E-state index in [4.69, 9.17) is 4.74 Å². The Labute approximate surface area is 122 Å². The van der Waals surface area contributed by atoms with E-state index in [9.17, 15) is 4.79 Å². The number of piperazine rings is 1. The summed E-state index contributed by atoms with van der Waals surface area (Å²) in [5.74, 6) is 0.274. The van der Waals surface area contributed by atoms with Crippen molar-refractivity contribution in [3.63, 3.8) is 0 Å². The van der Waals surface area contributed by atoms with Gasteiger partial charge >= 0.3 is 0 Å². The Bertz CT molecular complexity index is 349. The van der Waals surface area contributed by atoms with Gasteiger partial charge < -0.3 is 15.0 Å². The van der Waals surface area contributed by atoms with Crippen molar-refractivity contribution in [2.45, 2.75) is 45.2 Å². The van der Waals surface area contributed by atoms with Gasteiger partial charge in [-0.1, -0.05) is 0 Å². The minimum Gasteiger partial charge on any atom is -0.379 e. The second kappa shape index (κ2) is 6.00. The molecule has 0 aromatic rings. The van der Waals surface area contributed by atoms with E-state index in [1.54, 1.807) is 0 Å². The van der Waals surface area contributed by atoms with Crippen LogP contribution in [0.1, 0.15) is 34.1 Å². The predicted octanol–water partition coefficient (Wildman–Crippen LogP) is 0.698. The lowest BCUT2D eigenvalue weighted by atomic mass is 9.91. The minimum absolute atomic E-state index is 0.00411. The van der Waals surface area contributed by atoms with E-state index < -0.39 is 0 Å². The van der Waals surface area contributed by atoms with Gasteiger partial charge in [0.25, 0.3) is 0 Å². The van der Waals surface area contributed by atoms with Crippen LogP contribution in [0, 0.1) is 0 Å². The Kier molecular flexibility index (Phi) is 4.72. The highest BCUT2D eigenvalue weighted by molar-refractivity contribution is 5.77. The van der Waals surface area contributed by atoms with Gasteiger partial charge in [0.2, 0.25) is 5.91 Å². The van der Waals surface area contributed by atoms with Crippen molar-refractivity contribution in [2.75, 3.05) is 45.9 Å². The molecule has 20 heavy (non-hydrogen) atoms. The molecule has 0 spiro atoms. The Morgan fingerprint density at radius 2 is 1.85 bits per heavy atom. The third-order valence-electron chi connectivity index (χ3n) is 4.33. The number of nitrogens with zero attached hydrogens (tertiary/aromatic N) is 2. The number of ether oxygens (including phenoxy) is 1. The molecule has 0 aliphatic carbocycles. The Balaban J connectivity index is 1.89. The fourth-order valence-electron chi connectivity index (χ4n) is 2.86. The van der Waals surface area contributed by atoms with E-state index >= 15 is 0 Å². The van der Waals surface area contributed by atoms with Crippen molar-refractivity contribution in [2.24, 2.45) is 0 Å². The summed E-state index contributed by atoms with van der Waals surface area (Å²) < 4.78 is 5.34. The summed E-state index contributed by atoms with van der Waals surface area (Å²) >= 11 is 0. The molecule has 2 saturated heterocycles. The number of morpholine rings is 1. The predicted molar refractivity (Wildman–Crippen MR) is 79.7 cm³/mol. The molecule has 1 amide bonds. The fourth-order valence-corrected chi connectivity index (χ4v) is 2.86. The lowest BCUT2D eigenvalue weighted by molar-refractivity contribution is -0.140. The number of carbonyl (C=O) groups excluding carboxylic acids is 1. The quantitative estimate of drug-likeness (QED) is 0.828. The van der Waals surface area contributed by atoms with Gasteiger partial charge in [-0.05, 0) is 27.7 Å². The highest BCUT2D eigenvalue weighted by Crippen LogP contribution is 2.24. The van der Waals surface area contributed by atoms with Gasteiger partial charge in [0.1, 0.15) is 0 Å². The Morgan fingerprint density at radius 3 is 2.50 bits per heavy atom. The van der Waals surface area contributed by atoms with E-state index in [1.165, 1.54) is 0 Å². The lowest BCUT2D eigenvalue weighted by Gasteiger charge is -2.49. The average molecular weight is 283 g/mol. The summed E-state index contributed by atoms with van der Waals surface area (Å²) in [5.41, 5.74) is -0.0955. The first kappa shape index (κ1) is 15.7. The van der Waals surface area contributed by atoms with Crippen molar-refractivity contribution < 1.29 is 9.53 Å². The van der Waals surface area contributed by atoms with E-state index in [0.29, 0.717) is 6.42 Å². The second-order valence-corrected chi connectivity index (χ2v) is 7.23. The number of rotatable bonds is 3. The van der Waals surface area contributed by atoms with Crippen molar-refractivity contribution in [3.05, 3.63) is 0 Å². The zero-order valence-corrected chi connectivity index (χ0v) is 13.4. The summed E-state index contributed by atoms with van der Waals surface area (Å²) in [6, 6.07) is 0. The van der Waals surface area contributed by atoms with Gasteiger partial charge in [0.15, 0.2) is 0 Å². The van der Waals surface area contributed by atoms with Crippen LogP contribution in [0.2, 0.25) is 0 Å². The van der Waals surface area contributed by atoms with Gasteiger partial charge in [-0.3, -0.25) is 9.69 Å². The highest BCUT2D eigenvalue weighted by atomic mass is 16.5. The minimum atomic E-state index is -0.0996. The first-order valence-corrected chi connectivity index (χ1v) is 7.66. The molecule has 0 atom stereocenters. The maximum absolute atomic E-state index is 12.6. The molecule has 0 unspecified atom stereocenters. The zero-order chi connectivity index (χ0) is 14.8. The van der Waals surface area contributed by atoms with Crippen LogP contribution < -0.4 is 5.32 Å². The van der Waals surface area contributed by atoms with Crippen molar-refractivity contribution in [1.82, 2.24) is 15.1 Å². The molecule has 2 rings (SSSR count). The first-order valence-electron chi connectivity index (χ1n) is 7.66. The highest BCUT2D eigenvalue weighted by Gasteiger charge is 2.39. The van der Waals surface area contributed by atoms with E-state index in [1.807, 2.05) is 0 Å². The number of hydrogen-bond donors (Lipinski definition) is 1. The summed E-state index contributed by atoms with van der Waals surface area (Å²) in [7, 11) is 0. The van der Waals surface area contributed by atoms with Crippen LogP contribution in [0.5, 0.6) is 0 Å². The van der Waals surface area contributed by atoms with Crippen LogP contribution in [0.4, 0.5) is 0 Å². The Hall–Kier alpha value is -0.650. The van der Waals surface area contributed by atoms with Crippen molar-refractivity contribution in [1.29, 1.82) is 0 Å². The molecule has 0 radical (unpaired) electrons. The molecule has 116 valence electrons. The van der Waals surface area contributed by atoms with Gasteiger partial charge in [-0.2, -0.15) is 0 Å². The van der Waals surface area contributed by atoms with Crippen LogP contribution in [-0.4, -0.2) is 72.7 Å². The Morgan fingerprint density at radius 1 is 1.20 bits per heavy atom. The molecule has 0 aromatic heterocycles. The van der Waals surface area contributed by atoms with Gasteiger partial charge in [0.05, 0.1) is 13.2 Å². The molecule has 2 heterocycles. The summed E-state index contributed by atoms with van der Waals surface area (Å²) in [4.78, 5) is 17.0. The van der Waals surface area contributed by atoms with E-state index in [2.05, 4.69) is 42.8 Å². The molecule has 1 N–H and O–H groups in total. The molecule has 0 aromatic carbocycles. The normalized spacial score (nSPS) is 26.5. The first-order chi connectivity index (χ1) is 9.30. The summed E-state index contributed by atoms with van der Waals surface area (Å²) in [5, 5.41) is 3.52. The topological polar surface area (TPSA) is 44.8 Å². The SMILES string of the molecule is CC1(C)CN(C(=O)CCN2CCOCC2)C(C)(C)CN1. The summed E-state index contributed by atoms with van der Waals surface area (Å²) in [6.45, 7) is 14.6. The largest absolute Gasteiger partial charge is 0.379 e. The molecule has 2 aliphatic rings. The number of carbonyl (C=O) groups is 1. The van der Waals surface area contributed by atoms with E-state index in [-0.39, 0.29) is 17.0 Å². The van der Waals surface area contributed by atoms with Crippen molar-refractivity contribution >= 4 is 5.91 Å². The van der Waals surface area contributed by atoms with E-state index in [0.717, 1.165) is 45.9 Å². The van der Waals surface area contributed by atoms with Crippen molar-refractivity contribution in [3.8, 4) is 0 Å². The van der Waals surface area contributed by atoms with Gasteiger partial charge in [-0.25, -0.2) is 0 Å². The molecular formula is C15H29N3O2. The smallest absolute Gasteiger partial charge is 0.224 e. The zero-order valence-electron chi connectivity index (χ0n) is 13.4. The maximum Gasteiger partial charge on any atom is 0.224 e. The molecule has 0 saturated carbocycles. The van der Waals surface area contributed by atoms with Crippen LogP contribution in [0.15, 0.2) is 0 Å². The van der Waals surface area contributed by atoms with Crippen LogP contribution in [-0.2, 0) is 9.53 Å². The number of hydrogen-bond acceptors (Lipinski definition) is 4. The standard InChI is InChI=1S/C15H29N3O2/c1-14(2)12-18(15(3,4)11-16-14)13(19)5-6-17-7-9-20-10-8-17/h16H,5-12H2,1-4H3. The molecule has 0 bridgehead atoms. The molecule has 5 heteroatoms. The number of nitrogens with one attached hydrogen (secondary N) is 1. The van der Waals surface area contributed by atoms with Gasteiger partial charge in [0, 0.05) is 50.2 Å². The summed E-state index contributed by atoms with van der Waals surface area (Å²) in [6.07, 6.45) is 0.611. The molecule has 5 nitrogen and oxygen atoms in total. The average Bonchev–Trinajstić information content (AvgIpc) is 2.40. The van der Waals surface area contributed by atoms with Crippen LogP contribution >= 0.6 is 0 Å². The fraction of sp³-hybridized carbons (Fsp3) is 0.933. The third kappa shape index (κ3) is 3.93. The third-order valence-corrected chi connectivity index (χ3v) is 4.33. The van der Waals surface area contributed by atoms with Crippen LogP contribution in [0.25, 0.3) is 0 Å². The van der Waals surface area contributed by atoms with Gasteiger partial charge in [-0.15, -0.1) is 0 Å².